The Morgan fingerprint density at radius 2 is 1.92 bits per heavy atom. The van der Waals surface area contributed by atoms with Crippen LogP contribution in [0.25, 0.3) is 0 Å². The molecule has 2 aliphatic rings. The quantitative estimate of drug-likeness (QED) is 0.635. The SMILES string of the molecule is CCOC(=O)c1ccc(C[N+]2=Cc3cc4c(cc3CC2)OCO4)cc1. The van der Waals surface area contributed by atoms with Crippen molar-refractivity contribution in [3.05, 3.63) is 58.7 Å². The third-order valence-corrected chi connectivity index (χ3v) is 4.48. The molecule has 2 heterocycles. The highest BCUT2D eigenvalue weighted by Crippen LogP contribution is 2.35. The van der Waals surface area contributed by atoms with E-state index in [1.54, 1.807) is 0 Å². The molecule has 2 aliphatic heterocycles. The highest BCUT2D eigenvalue weighted by Gasteiger charge is 2.22. The normalized spacial score (nSPS) is 14.7. The Balaban J connectivity index is 1.51. The van der Waals surface area contributed by atoms with Crippen molar-refractivity contribution in [2.75, 3.05) is 19.9 Å². The van der Waals surface area contributed by atoms with Crippen LogP contribution in [0.3, 0.4) is 0 Å². The lowest BCUT2D eigenvalue weighted by molar-refractivity contribution is -0.540. The average molecular weight is 338 g/mol. The summed E-state index contributed by atoms with van der Waals surface area (Å²) < 4.78 is 18.2. The first-order valence-corrected chi connectivity index (χ1v) is 8.50. The fourth-order valence-electron chi connectivity index (χ4n) is 3.18. The van der Waals surface area contributed by atoms with Crippen LogP contribution in [-0.4, -0.2) is 36.7 Å². The van der Waals surface area contributed by atoms with Crippen LogP contribution in [0.1, 0.15) is 34.0 Å². The molecular formula is C20H20NO4+. The molecule has 128 valence electrons. The average Bonchev–Trinajstić information content (AvgIpc) is 3.08. The summed E-state index contributed by atoms with van der Waals surface area (Å²) in [4.78, 5) is 11.7. The fraction of sp³-hybridized carbons (Fsp3) is 0.300. The largest absolute Gasteiger partial charge is 0.462 e. The number of ether oxygens (including phenoxy) is 3. The zero-order chi connectivity index (χ0) is 17.2. The lowest BCUT2D eigenvalue weighted by Crippen LogP contribution is -2.22. The number of esters is 1. The third kappa shape index (κ3) is 3.22. The number of carbonyl (C=O) groups is 1. The van der Waals surface area contributed by atoms with Gasteiger partial charge >= 0.3 is 5.97 Å². The van der Waals surface area contributed by atoms with E-state index in [9.17, 15) is 4.79 Å². The van der Waals surface area contributed by atoms with Crippen molar-refractivity contribution in [3.8, 4) is 11.5 Å². The molecule has 0 amide bonds. The van der Waals surface area contributed by atoms with E-state index in [1.165, 1.54) is 11.1 Å². The Kier molecular flexibility index (Phi) is 4.14. The number of hydrogen-bond acceptors (Lipinski definition) is 4. The summed E-state index contributed by atoms with van der Waals surface area (Å²) in [5.41, 5.74) is 4.22. The van der Waals surface area contributed by atoms with Crippen molar-refractivity contribution in [2.24, 2.45) is 0 Å². The summed E-state index contributed by atoms with van der Waals surface area (Å²) in [5.74, 6) is 1.38. The minimum Gasteiger partial charge on any atom is -0.462 e. The molecule has 0 saturated heterocycles. The van der Waals surface area contributed by atoms with Crippen LogP contribution in [0.15, 0.2) is 36.4 Å². The van der Waals surface area contributed by atoms with Gasteiger partial charge in [-0.2, -0.15) is 0 Å². The lowest BCUT2D eigenvalue weighted by Gasteiger charge is -2.13. The molecule has 0 aliphatic carbocycles. The Morgan fingerprint density at radius 1 is 1.16 bits per heavy atom. The summed E-state index contributed by atoms with van der Waals surface area (Å²) in [7, 11) is 0. The number of rotatable bonds is 4. The monoisotopic (exact) mass is 338 g/mol. The molecule has 4 rings (SSSR count). The van der Waals surface area contributed by atoms with Crippen molar-refractivity contribution in [3.63, 3.8) is 0 Å². The summed E-state index contributed by atoms with van der Waals surface area (Å²) in [6.45, 7) is 4.25. The van der Waals surface area contributed by atoms with Crippen molar-refractivity contribution < 1.29 is 23.6 Å². The second-order valence-corrected chi connectivity index (χ2v) is 6.17. The minimum absolute atomic E-state index is 0.274. The molecule has 5 nitrogen and oxygen atoms in total. The van der Waals surface area contributed by atoms with Gasteiger partial charge in [0.15, 0.2) is 24.3 Å². The number of benzene rings is 2. The summed E-state index contributed by atoms with van der Waals surface area (Å²) in [6, 6.07) is 11.7. The van der Waals surface area contributed by atoms with E-state index >= 15 is 0 Å². The standard InChI is InChI=1S/C20H20NO4/c1-2-23-20(22)15-5-3-14(4-6-15)11-21-8-7-16-9-18-19(25-13-24-18)10-17(16)12-21/h3-6,9-10,12H,2,7-8,11,13H2,1H3/q+1. The number of fused-ring (bicyclic) bond motifs is 2. The molecule has 0 spiro atoms. The van der Waals surface area contributed by atoms with Gasteiger partial charge < -0.3 is 14.2 Å². The number of carbonyl (C=O) groups excluding carboxylic acids is 1. The van der Waals surface area contributed by atoms with Gasteiger partial charge in [-0.1, -0.05) is 12.1 Å². The van der Waals surface area contributed by atoms with Crippen molar-refractivity contribution >= 4 is 12.2 Å². The Labute approximate surface area is 146 Å². The van der Waals surface area contributed by atoms with Gasteiger partial charge in [0, 0.05) is 17.5 Å². The van der Waals surface area contributed by atoms with Gasteiger partial charge in [0.25, 0.3) is 0 Å². The zero-order valence-corrected chi connectivity index (χ0v) is 14.2. The smallest absolute Gasteiger partial charge is 0.338 e. The first kappa shape index (κ1) is 15.7. The van der Waals surface area contributed by atoms with E-state index in [4.69, 9.17) is 14.2 Å². The van der Waals surface area contributed by atoms with Crippen LogP contribution in [0.5, 0.6) is 11.5 Å². The van der Waals surface area contributed by atoms with Gasteiger partial charge in [-0.05, 0) is 36.8 Å². The molecule has 0 atom stereocenters. The van der Waals surface area contributed by atoms with Crippen LogP contribution >= 0.6 is 0 Å². The molecule has 2 aromatic rings. The first-order chi connectivity index (χ1) is 12.2. The van der Waals surface area contributed by atoms with Crippen molar-refractivity contribution in [1.82, 2.24) is 0 Å². The second-order valence-electron chi connectivity index (χ2n) is 6.17. The highest BCUT2D eigenvalue weighted by molar-refractivity contribution is 5.89. The minimum atomic E-state index is -0.274. The summed E-state index contributed by atoms with van der Waals surface area (Å²) in [6.07, 6.45) is 3.14. The van der Waals surface area contributed by atoms with Gasteiger partial charge in [-0.15, -0.1) is 0 Å². The van der Waals surface area contributed by atoms with Gasteiger partial charge in [0.2, 0.25) is 6.79 Å². The fourth-order valence-corrected chi connectivity index (χ4v) is 3.18. The summed E-state index contributed by atoms with van der Waals surface area (Å²) in [5, 5.41) is 0. The zero-order valence-electron chi connectivity index (χ0n) is 14.2. The second kappa shape index (κ2) is 6.59. The third-order valence-electron chi connectivity index (χ3n) is 4.48. The van der Waals surface area contributed by atoms with E-state index in [0.29, 0.717) is 19.0 Å². The predicted molar refractivity (Wildman–Crippen MR) is 92.7 cm³/mol. The van der Waals surface area contributed by atoms with Gasteiger partial charge in [-0.25, -0.2) is 9.37 Å². The molecule has 0 aromatic heterocycles. The van der Waals surface area contributed by atoms with E-state index in [-0.39, 0.29) is 5.97 Å². The molecule has 25 heavy (non-hydrogen) atoms. The van der Waals surface area contributed by atoms with E-state index in [0.717, 1.165) is 36.6 Å². The molecule has 0 radical (unpaired) electrons. The Bertz CT molecular complexity index is 840. The van der Waals surface area contributed by atoms with E-state index in [1.807, 2.05) is 37.3 Å². The number of nitrogens with zero attached hydrogens (tertiary/aromatic N) is 1. The van der Waals surface area contributed by atoms with Crippen LogP contribution in [-0.2, 0) is 17.7 Å². The Hall–Kier alpha value is -2.82. The van der Waals surface area contributed by atoms with E-state index < -0.39 is 0 Å². The molecular weight excluding hydrogens is 318 g/mol. The Morgan fingerprint density at radius 3 is 2.68 bits per heavy atom. The van der Waals surface area contributed by atoms with Gasteiger partial charge in [0.1, 0.15) is 6.54 Å². The van der Waals surface area contributed by atoms with Crippen LogP contribution in [0.4, 0.5) is 0 Å². The molecule has 0 unspecified atom stereocenters. The summed E-state index contributed by atoms with van der Waals surface area (Å²) >= 11 is 0. The van der Waals surface area contributed by atoms with Crippen LogP contribution in [0, 0.1) is 0 Å². The van der Waals surface area contributed by atoms with Crippen molar-refractivity contribution in [1.29, 1.82) is 0 Å². The van der Waals surface area contributed by atoms with E-state index in [2.05, 4.69) is 16.9 Å². The van der Waals surface area contributed by atoms with Crippen LogP contribution < -0.4 is 9.47 Å². The lowest BCUT2D eigenvalue weighted by atomic mass is 10.0. The maximum Gasteiger partial charge on any atom is 0.338 e. The highest BCUT2D eigenvalue weighted by atomic mass is 16.7. The molecule has 0 saturated carbocycles. The molecule has 5 heteroatoms. The maximum atomic E-state index is 11.7. The van der Waals surface area contributed by atoms with Crippen molar-refractivity contribution in [2.45, 2.75) is 19.9 Å². The maximum absolute atomic E-state index is 11.7. The molecule has 0 fully saturated rings. The molecule has 0 N–H and O–H groups in total. The number of hydrogen-bond donors (Lipinski definition) is 0. The van der Waals surface area contributed by atoms with Crippen LogP contribution in [0.2, 0.25) is 0 Å². The predicted octanol–water partition coefficient (Wildman–Crippen LogP) is 2.78. The molecule has 2 aromatic carbocycles. The molecule has 0 bridgehead atoms. The van der Waals surface area contributed by atoms with Gasteiger partial charge in [0.05, 0.1) is 12.2 Å². The topological polar surface area (TPSA) is 47.8 Å². The first-order valence-electron chi connectivity index (χ1n) is 8.50. The van der Waals surface area contributed by atoms with Gasteiger partial charge in [-0.3, -0.25) is 0 Å².